The van der Waals surface area contributed by atoms with Crippen LogP contribution in [0.4, 0.5) is 0 Å². The molecule has 5 heteroatoms. The third kappa shape index (κ3) is 1.91. The predicted octanol–water partition coefficient (Wildman–Crippen LogP) is 1.62. The summed E-state index contributed by atoms with van der Waals surface area (Å²) in [6.45, 7) is 1.47. The van der Waals surface area contributed by atoms with Crippen LogP contribution in [0.2, 0.25) is 0 Å². The van der Waals surface area contributed by atoms with Crippen LogP contribution in [0.1, 0.15) is 53.3 Å². The van der Waals surface area contributed by atoms with Gasteiger partial charge in [0.05, 0.1) is 11.2 Å². The van der Waals surface area contributed by atoms with Crippen molar-refractivity contribution in [2.24, 2.45) is 5.92 Å². The molecule has 1 aromatic carbocycles. The molecule has 0 heterocycles. The topological polar surface area (TPSA) is 91.7 Å². The molecule has 1 fully saturated rings. The van der Waals surface area contributed by atoms with Crippen molar-refractivity contribution in [1.29, 1.82) is 0 Å². The highest BCUT2D eigenvalue weighted by Gasteiger charge is 2.59. The van der Waals surface area contributed by atoms with Gasteiger partial charge in [0.1, 0.15) is 5.78 Å². The van der Waals surface area contributed by atoms with Crippen molar-refractivity contribution in [1.82, 2.24) is 0 Å². The van der Waals surface area contributed by atoms with Crippen molar-refractivity contribution in [3.63, 3.8) is 0 Å². The molecule has 2 N–H and O–H groups in total. The number of Topliss-reactive ketones (excluding diaryl/α,β-unsaturated/α-hetero) is 3. The quantitative estimate of drug-likeness (QED) is 0.756. The lowest BCUT2D eigenvalue weighted by Crippen LogP contribution is -2.60. The minimum Gasteiger partial charge on any atom is -0.389 e. The van der Waals surface area contributed by atoms with Crippen LogP contribution in [-0.2, 0) is 4.79 Å². The van der Waals surface area contributed by atoms with E-state index in [0.717, 1.165) is 0 Å². The molecule has 3 atom stereocenters. The molecular formula is C19H18O5. The maximum Gasteiger partial charge on any atom is 0.190 e. The van der Waals surface area contributed by atoms with E-state index in [9.17, 15) is 24.6 Å². The zero-order chi connectivity index (χ0) is 17.3. The first-order valence-electron chi connectivity index (χ1n) is 8.12. The Morgan fingerprint density at radius 1 is 1.00 bits per heavy atom. The van der Waals surface area contributed by atoms with Gasteiger partial charge in [0.15, 0.2) is 11.6 Å². The lowest BCUT2D eigenvalue weighted by Gasteiger charge is -2.51. The second kappa shape index (κ2) is 4.71. The van der Waals surface area contributed by atoms with Crippen LogP contribution in [0.3, 0.4) is 0 Å². The first-order chi connectivity index (χ1) is 11.2. The molecular weight excluding hydrogens is 308 g/mol. The molecule has 1 saturated carbocycles. The number of carbonyl (C=O) groups excluding carboxylic acids is 3. The zero-order valence-corrected chi connectivity index (χ0v) is 13.3. The summed E-state index contributed by atoms with van der Waals surface area (Å²) in [6.07, 6.45) is 0.220. The zero-order valence-electron chi connectivity index (χ0n) is 13.3. The highest BCUT2D eigenvalue weighted by Crippen LogP contribution is 2.52. The molecule has 0 bridgehead atoms. The number of fused-ring (bicyclic) bond motifs is 3. The monoisotopic (exact) mass is 326 g/mol. The number of rotatable bonds is 0. The van der Waals surface area contributed by atoms with Crippen molar-refractivity contribution in [3.8, 4) is 0 Å². The molecule has 0 radical (unpaired) electrons. The second-order valence-electron chi connectivity index (χ2n) is 7.38. The molecule has 0 aliphatic heterocycles. The van der Waals surface area contributed by atoms with Crippen LogP contribution in [0.5, 0.6) is 0 Å². The van der Waals surface area contributed by atoms with E-state index in [4.69, 9.17) is 0 Å². The van der Waals surface area contributed by atoms with E-state index in [2.05, 4.69) is 0 Å². The average molecular weight is 326 g/mol. The normalized spacial score (nSPS) is 35.5. The molecule has 24 heavy (non-hydrogen) atoms. The number of ketones is 3. The smallest absolute Gasteiger partial charge is 0.190 e. The van der Waals surface area contributed by atoms with E-state index in [1.54, 1.807) is 24.3 Å². The lowest BCUT2D eigenvalue weighted by molar-refractivity contribution is -0.161. The SMILES string of the molecule is CC1(O)CC(=O)C[C@]2(O)CCC3=C(C(=O)c4ccccc4C3=O)[C@H]12. The molecule has 1 unspecified atom stereocenters. The van der Waals surface area contributed by atoms with E-state index in [1.807, 2.05) is 0 Å². The van der Waals surface area contributed by atoms with Gasteiger partial charge in [0, 0.05) is 41.0 Å². The minimum absolute atomic E-state index is 0.0896. The average Bonchev–Trinajstić information content (AvgIpc) is 2.50. The Morgan fingerprint density at radius 2 is 1.62 bits per heavy atom. The van der Waals surface area contributed by atoms with Gasteiger partial charge >= 0.3 is 0 Å². The third-order valence-electron chi connectivity index (χ3n) is 5.57. The van der Waals surface area contributed by atoms with E-state index >= 15 is 0 Å². The van der Waals surface area contributed by atoms with E-state index in [0.29, 0.717) is 16.7 Å². The van der Waals surface area contributed by atoms with Gasteiger partial charge in [-0.3, -0.25) is 14.4 Å². The minimum atomic E-state index is -1.55. The molecule has 0 saturated heterocycles. The largest absolute Gasteiger partial charge is 0.389 e. The number of hydrogen-bond donors (Lipinski definition) is 2. The highest BCUT2D eigenvalue weighted by atomic mass is 16.3. The van der Waals surface area contributed by atoms with Gasteiger partial charge in [-0.15, -0.1) is 0 Å². The van der Waals surface area contributed by atoms with Crippen molar-refractivity contribution < 1.29 is 24.6 Å². The standard InChI is InChI=1S/C19H18O5/c1-18(23)8-10(20)9-19(24)7-6-13-14(17(18)19)16(22)12-5-3-2-4-11(12)15(13)21/h2-5,17,23-24H,6-9H2,1H3/t17-,18?,19-/m1/s1. The van der Waals surface area contributed by atoms with Gasteiger partial charge in [-0.05, 0) is 19.8 Å². The Kier molecular flexibility index (Phi) is 3.03. The van der Waals surface area contributed by atoms with Gasteiger partial charge in [-0.2, -0.15) is 0 Å². The van der Waals surface area contributed by atoms with Crippen LogP contribution >= 0.6 is 0 Å². The molecule has 124 valence electrons. The van der Waals surface area contributed by atoms with Gasteiger partial charge < -0.3 is 10.2 Å². The molecule has 1 aromatic rings. The fourth-order valence-corrected chi connectivity index (χ4v) is 4.74. The lowest BCUT2D eigenvalue weighted by atomic mass is 9.56. The Balaban J connectivity index is 1.94. The first kappa shape index (κ1) is 15.4. The Bertz CT molecular complexity index is 832. The molecule has 0 amide bonds. The van der Waals surface area contributed by atoms with E-state index < -0.39 is 17.1 Å². The number of benzene rings is 1. The molecule has 0 spiro atoms. The summed E-state index contributed by atoms with van der Waals surface area (Å²) in [6, 6.07) is 6.62. The summed E-state index contributed by atoms with van der Waals surface area (Å²) >= 11 is 0. The van der Waals surface area contributed by atoms with E-state index in [-0.39, 0.29) is 48.6 Å². The summed E-state index contributed by atoms with van der Waals surface area (Å²) in [5.41, 5.74) is -1.77. The highest BCUT2D eigenvalue weighted by molar-refractivity contribution is 6.27. The fraction of sp³-hybridized carbons (Fsp3) is 0.421. The third-order valence-corrected chi connectivity index (χ3v) is 5.57. The molecule has 4 rings (SSSR count). The summed E-state index contributed by atoms with van der Waals surface area (Å²) in [5.74, 6) is -1.68. The molecule has 5 nitrogen and oxygen atoms in total. The summed E-state index contributed by atoms with van der Waals surface area (Å²) in [4.78, 5) is 37.8. The summed E-state index contributed by atoms with van der Waals surface area (Å²) in [7, 11) is 0. The summed E-state index contributed by atoms with van der Waals surface area (Å²) < 4.78 is 0. The molecule has 3 aliphatic carbocycles. The number of hydrogen-bond acceptors (Lipinski definition) is 5. The van der Waals surface area contributed by atoms with Crippen molar-refractivity contribution in [3.05, 3.63) is 46.5 Å². The first-order valence-corrected chi connectivity index (χ1v) is 8.12. The maximum absolute atomic E-state index is 13.0. The van der Waals surface area contributed by atoms with Gasteiger partial charge in [0.25, 0.3) is 0 Å². The summed E-state index contributed by atoms with van der Waals surface area (Å²) in [5, 5.41) is 21.8. The van der Waals surface area contributed by atoms with E-state index in [1.165, 1.54) is 6.92 Å². The predicted molar refractivity (Wildman–Crippen MR) is 84.7 cm³/mol. The van der Waals surface area contributed by atoms with Crippen molar-refractivity contribution >= 4 is 17.3 Å². The van der Waals surface area contributed by atoms with Gasteiger partial charge in [-0.25, -0.2) is 0 Å². The number of aliphatic hydroxyl groups is 2. The van der Waals surface area contributed by atoms with Crippen LogP contribution < -0.4 is 0 Å². The fourth-order valence-electron chi connectivity index (χ4n) is 4.74. The van der Waals surface area contributed by atoms with Crippen LogP contribution in [-0.4, -0.2) is 38.8 Å². The second-order valence-corrected chi connectivity index (χ2v) is 7.38. The Morgan fingerprint density at radius 3 is 2.29 bits per heavy atom. The molecule has 0 aromatic heterocycles. The van der Waals surface area contributed by atoms with Gasteiger partial charge in [0.2, 0.25) is 0 Å². The van der Waals surface area contributed by atoms with Crippen molar-refractivity contribution in [2.75, 3.05) is 0 Å². The molecule has 3 aliphatic rings. The Hall–Kier alpha value is -2.11. The number of allylic oxidation sites excluding steroid dienone is 1. The number of carbonyl (C=O) groups is 3. The van der Waals surface area contributed by atoms with Crippen molar-refractivity contribution in [2.45, 2.75) is 43.8 Å². The van der Waals surface area contributed by atoms with Crippen LogP contribution in [0.25, 0.3) is 0 Å². The van der Waals surface area contributed by atoms with Crippen LogP contribution in [0, 0.1) is 5.92 Å². The van der Waals surface area contributed by atoms with Gasteiger partial charge in [-0.1, -0.05) is 24.3 Å². The maximum atomic E-state index is 13.0. The van der Waals surface area contributed by atoms with Crippen LogP contribution in [0.15, 0.2) is 35.4 Å². The Labute approximate surface area is 139 Å².